The van der Waals surface area contributed by atoms with Gasteiger partial charge in [0.1, 0.15) is 17.1 Å². The number of hydrogen-bond acceptors (Lipinski definition) is 9. The monoisotopic (exact) mass is 481 g/mol. The smallest absolute Gasteiger partial charge is 0.256 e. The Labute approximate surface area is 190 Å². The third kappa shape index (κ3) is 4.19. The second-order valence-electron chi connectivity index (χ2n) is 7.22. The summed E-state index contributed by atoms with van der Waals surface area (Å²) < 4.78 is 32.1. The first-order valence-corrected chi connectivity index (χ1v) is 12.8. The van der Waals surface area contributed by atoms with Crippen LogP contribution in [0.5, 0.6) is 5.75 Å². The highest BCUT2D eigenvalue weighted by atomic mass is 32.2. The highest BCUT2D eigenvalue weighted by Crippen LogP contribution is 2.41. The zero-order valence-corrected chi connectivity index (χ0v) is 20.0. The number of furan rings is 1. The van der Waals surface area contributed by atoms with Crippen LogP contribution < -0.4 is 21.5 Å². The van der Waals surface area contributed by atoms with Gasteiger partial charge in [-0.05, 0) is 24.5 Å². The average molecular weight is 482 g/mol. The highest BCUT2D eigenvalue weighted by molar-refractivity contribution is 7.91. The molecule has 0 aliphatic heterocycles. The van der Waals surface area contributed by atoms with Gasteiger partial charge in [0.05, 0.1) is 18.0 Å². The first-order chi connectivity index (χ1) is 15.2. The predicted molar refractivity (Wildman–Crippen MR) is 125 cm³/mol. The van der Waals surface area contributed by atoms with Gasteiger partial charge >= 0.3 is 0 Å². The lowest BCUT2D eigenvalue weighted by Gasteiger charge is -2.20. The SMILES string of the molecule is CCc1coc([C@@H](CC)Nc2c(Nc3csc(S(=O)(=O)N(CC)CC)c3O)c(=O)c2=O)c1. The van der Waals surface area contributed by atoms with Gasteiger partial charge in [-0.2, -0.15) is 4.31 Å². The van der Waals surface area contributed by atoms with Gasteiger partial charge in [-0.1, -0.05) is 27.7 Å². The Kier molecular flexibility index (Phi) is 7.11. The van der Waals surface area contributed by atoms with Gasteiger partial charge in [-0.15, -0.1) is 11.3 Å². The first-order valence-electron chi connectivity index (χ1n) is 10.4. The molecule has 1 aromatic carbocycles. The van der Waals surface area contributed by atoms with Crippen LogP contribution in [0.25, 0.3) is 0 Å². The van der Waals surface area contributed by atoms with Crippen LogP contribution in [0.4, 0.5) is 17.1 Å². The van der Waals surface area contributed by atoms with E-state index in [2.05, 4.69) is 10.6 Å². The molecule has 0 saturated heterocycles. The molecule has 1 atom stereocenters. The van der Waals surface area contributed by atoms with Crippen molar-refractivity contribution in [2.45, 2.75) is 50.8 Å². The minimum Gasteiger partial charge on any atom is -0.504 e. The van der Waals surface area contributed by atoms with Crippen molar-refractivity contribution in [1.82, 2.24) is 4.31 Å². The molecule has 11 heteroatoms. The number of nitrogens with one attached hydrogen (secondary N) is 2. The number of sulfonamides is 1. The van der Waals surface area contributed by atoms with Crippen LogP contribution in [0.1, 0.15) is 51.5 Å². The summed E-state index contributed by atoms with van der Waals surface area (Å²) in [6, 6.07) is 1.57. The van der Waals surface area contributed by atoms with Crippen molar-refractivity contribution in [1.29, 1.82) is 0 Å². The van der Waals surface area contributed by atoms with E-state index in [1.165, 1.54) is 9.69 Å². The maximum absolute atomic E-state index is 12.7. The molecule has 0 spiro atoms. The van der Waals surface area contributed by atoms with Crippen LogP contribution in [0, 0.1) is 0 Å². The summed E-state index contributed by atoms with van der Waals surface area (Å²) in [6.45, 7) is 7.85. The molecule has 0 aliphatic carbocycles. The van der Waals surface area contributed by atoms with E-state index in [9.17, 15) is 23.1 Å². The van der Waals surface area contributed by atoms with Gasteiger partial charge in [0.25, 0.3) is 20.9 Å². The lowest BCUT2D eigenvalue weighted by atomic mass is 10.1. The van der Waals surface area contributed by atoms with Crippen molar-refractivity contribution in [2.24, 2.45) is 0 Å². The molecule has 32 heavy (non-hydrogen) atoms. The van der Waals surface area contributed by atoms with Crippen molar-refractivity contribution in [3.8, 4) is 5.75 Å². The summed E-state index contributed by atoms with van der Waals surface area (Å²) >= 11 is 0.846. The third-order valence-electron chi connectivity index (χ3n) is 5.33. The lowest BCUT2D eigenvalue weighted by Crippen LogP contribution is -2.37. The molecule has 3 aromatic rings. The predicted octanol–water partition coefficient (Wildman–Crippen LogP) is 3.54. The van der Waals surface area contributed by atoms with Crippen molar-refractivity contribution in [3.63, 3.8) is 0 Å². The zero-order chi connectivity index (χ0) is 23.6. The molecule has 3 rings (SSSR count). The number of nitrogens with zero attached hydrogens (tertiary/aromatic N) is 1. The molecule has 2 aromatic heterocycles. The van der Waals surface area contributed by atoms with Crippen LogP contribution in [-0.2, 0) is 16.4 Å². The Bertz CT molecular complexity index is 1260. The molecular formula is C21H27N3O6S2. The van der Waals surface area contributed by atoms with Crippen molar-refractivity contribution in [2.75, 3.05) is 23.7 Å². The summed E-state index contributed by atoms with van der Waals surface area (Å²) in [4.78, 5) is 24.4. The molecule has 3 N–H and O–H groups in total. The fourth-order valence-corrected chi connectivity index (χ4v) is 6.21. The molecule has 0 radical (unpaired) electrons. The molecule has 0 unspecified atom stereocenters. The van der Waals surface area contributed by atoms with Crippen molar-refractivity contribution < 1.29 is 17.9 Å². The van der Waals surface area contributed by atoms with E-state index in [-0.39, 0.29) is 40.4 Å². The Hall–Kier alpha value is -2.63. The minimum absolute atomic E-state index is 0.0180. The molecule has 0 bridgehead atoms. The summed E-state index contributed by atoms with van der Waals surface area (Å²) in [5.74, 6) is 0.167. The number of aryl methyl sites for hydroxylation is 1. The van der Waals surface area contributed by atoms with E-state index in [1.54, 1.807) is 20.1 Å². The van der Waals surface area contributed by atoms with Crippen LogP contribution in [0.3, 0.4) is 0 Å². The van der Waals surface area contributed by atoms with Crippen LogP contribution in [0.2, 0.25) is 0 Å². The summed E-state index contributed by atoms with van der Waals surface area (Å²) in [5, 5.41) is 17.7. The van der Waals surface area contributed by atoms with Crippen LogP contribution in [-0.4, -0.2) is 30.9 Å². The number of thiophene rings is 1. The van der Waals surface area contributed by atoms with E-state index in [1.807, 2.05) is 19.9 Å². The standard InChI is InChI=1S/C21H27N3O6S2/c1-5-12-9-15(30-10-12)13(6-2)22-16-17(20(27)19(16)26)23-14-11-31-21(18(14)25)32(28,29)24(7-3)8-4/h9-11,13,22-23,25H,5-8H2,1-4H3/t13-/m1/s1. The highest BCUT2D eigenvalue weighted by Gasteiger charge is 2.30. The van der Waals surface area contributed by atoms with Crippen LogP contribution >= 0.6 is 11.3 Å². The van der Waals surface area contributed by atoms with E-state index in [0.717, 1.165) is 23.3 Å². The van der Waals surface area contributed by atoms with Gasteiger partial charge < -0.3 is 20.2 Å². The molecule has 0 amide bonds. The van der Waals surface area contributed by atoms with Gasteiger partial charge in [-0.3, -0.25) is 9.59 Å². The number of hydrogen-bond donors (Lipinski definition) is 3. The number of anilines is 3. The number of aromatic hydroxyl groups is 1. The second-order valence-corrected chi connectivity index (χ2v) is 10.2. The number of rotatable bonds is 11. The van der Waals surface area contributed by atoms with E-state index >= 15 is 0 Å². The molecular weight excluding hydrogens is 454 g/mol. The zero-order valence-electron chi connectivity index (χ0n) is 18.4. The molecule has 0 fully saturated rings. The van der Waals surface area contributed by atoms with Gasteiger partial charge in [0.15, 0.2) is 9.96 Å². The summed E-state index contributed by atoms with van der Waals surface area (Å²) in [5.41, 5.74) is -0.289. The third-order valence-corrected chi connectivity index (χ3v) is 8.87. The Morgan fingerprint density at radius 3 is 2.34 bits per heavy atom. The molecule has 174 valence electrons. The van der Waals surface area contributed by atoms with Crippen molar-refractivity contribution in [3.05, 3.63) is 49.5 Å². The maximum Gasteiger partial charge on any atom is 0.256 e. The molecule has 0 saturated carbocycles. The summed E-state index contributed by atoms with van der Waals surface area (Å²) in [6.07, 6.45) is 3.07. The molecule has 0 aliphatic rings. The van der Waals surface area contributed by atoms with Crippen molar-refractivity contribution >= 4 is 38.4 Å². The average Bonchev–Trinajstić information content (AvgIpc) is 3.40. The fourth-order valence-electron chi connectivity index (χ4n) is 3.38. The Balaban J connectivity index is 1.88. The quantitative estimate of drug-likeness (QED) is 0.355. The van der Waals surface area contributed by atoms with E-state index in [4.69, 9.17) is 4.42 Å². The fraction of sp³-hybridized carbons (Fsp3) is 0.429. The van der Waals surface area contributed by atoms with Gasteiger partial charge in [0.2, 0.25) is 0 Å². The van der Waals surface area contributed by atoms with E-state index in [0.29, 0.717) is 12.2 Å². The second kappa shape index (κ2) is 9.47. The molecule has 9 nitrogen and oxygen atoms in total. The Morgan fingerprint density at radius 2 is 1.78 bits per heavy atom. The van der Waals surface area contributed by atoms with Gasteiger partial charge in [-0.25, -0.2) is 8.42 Å². The minimum atomic E-state index is -3.87. The Morgan fingerprint density at radius 1 is 1.12 bits per heavy atom. The topological polar surface area (TPSA) is 129 Å². The largest absolute Gasteiger partial charge is 0.504 e. The van der Waals surface area contributed by atoms with Gasteiger partial charge in [0, 0.05) is 18.5 Å². The molecule has 2 heterocycles. The first kappa shape index (κ1) is 24.0. The van der Waals surface area contributed by atoms with E-state index < -0.39 is 26.6 Å². The van der Waals surface area contributed by atoms with Crippen LogP contribution in [0.15, 0.2) is 35.9 Å². The normalized spacial score (nSPS) is 13.0. The summed E-state index contributed by atoms with van der Waals surface area (Å²) in [7, 11) is -3.87. The lowest BCUT2D eigenvalue weighted by molar-refractivity contribution is 0.434. The maximum atomic E-state index is 12.7.